The Hall–Kier alpha value is -2.58. The van der Waals surface area contributed by atoms with Crippen molar-refractivity contribution in [3.05, 3.63) is 41.3 Å². The van der Waals surface area contributed by atoms with Crippen LogP contribution < -0.4 is 10.5 Å². The molecule has 0 fully saturated rings. The molecular weight excluding hydrogens is 380 g/mol. The SMILES string of the molecule is C[C@H](C(N)O)n1cc(S(=O)(=O)Nc2ccc(Cl)c3c(C#N)c[nH]c23)cn1. The molecule has 2 aromatic heterocycles. The van der Waals surface area contributed by atoms with Crippen molar-refractivity contribution < 1.29 is 13.5 Å². The minimum absolute atomic E-state index is 0.0971. The number of benzene rings is 1. The molecule has 2 atom stereocenters. The van der Waals surface area contributed by atoms with Gasteiger partial charge in [-0.25, -0.2) is 8.42 Å². The number of hydrogen-bond acceptors (Lipinski definition) is 6. The van der Waals surface area contributed by atoms with Crippen LogP contribution in [0.2, 0.25) is 5.02 Å². The zero-order valence-corrected chi connectivity index (χ0v) is 15.1. The highest BCUT2D eigenvalue weighted by atomic mass is 35.5. The third-order valence-corrected chi connectivity index (χ3v) is 5.58. The van der Waals surface area contributed by atoms with Gasteiger partial charge in [-0.15, -0.1) is 0 Å². The fourth-order valence-corrected chi connectivity index (χ4v) is 3.69. The van der Waals surface area contributed by atoms with Crippen LogP contribution in [-0.4, -0.2) is 34.5 Å². The van der Waals surface area contributed by atoms with Crippen molar-refractivity contribution in [3.63, 3.8) is 0 Å². The summed E-state index contributed by atoms with van der Waals surface area (Å²) in [4.78, 5) is 2.76. The van der Waals surface area contributed by atoms with Crippen LogP contribution in [0, 0.1) is 11.3 Å². The Morgan fingerprint density at radius 1 is 1.50 bits per heavy atom. The van der Waals surface area contributed by atoms with Gasteiger partial charge in [0.2, 0.25) is 0 Å². The van der Waals surface area contributed by atoms with E-state index in [4.69, 9.17) is 22.6 Å². The van der Waals surface area contributed by atoms with Crippen molar-refractivity contribution in [3.8, 4) is 6.07 Å². The van der Waals surface area contributed by atoms with Crippen molar-refractivity contribution in [1.82, 2.24) is 14.8 Å². The zero-order chi connectivity index (χ0) is 19.1. The van der Waals surface area contributed by atoms with Crippen molar-refractivity contribution in [1.29, 1.82) is 5.26 Å². The molecule has 26 heavy (non-hydrogen) atoms. The number of aromatic nitrogens is 3. The topological polar surface area (TPSA) is 150 Å². The van der Waals surface area contributed by atoms with Gasteiger partial charge in [0.05, 0.1) is 34.0 Å². The molecule has 0 aliphatic rings. The molecule has 9 nitrogen and oxygen atoms in total. The summed E-state index contributed by atoms with van der Waals surface area (Å²) in [7, 11) is -3.96. The number of rotatable bonds is 5. The molecule has 0 spiro atoms. The number of hydrogen-bond donors (Lipinski definition) is 4. The van der Waals surface area contributed by atoms with Gasteiger partial charge in [0, 0.05) is 17.8 Å². The second-order valence-corrected chi connectivity index (χ2v) is 7.74. The highest BCUT2D eigenvalue weighted by molar-refractivity contribution is 7.92. The summed E-state index contributed by atoms with van der Waals surface area (Å²) in [6.07, 6.45) is 2.70. The largest absolute Gasteiger partial charge is 0.377 e. The molecule has 0 saturated heterocycles. The fourth-order valence-electron chi connectivity index (χ4n) is 2.42. The number of aliphatic hydroxyl groups excluding tert-OH is 1. The Morgan fingerprint density at radius 2 is 2.23 bits per heavy atom. The van der Waals surface area contributed by atoms with Gasteiger partial charge in [-0.1, -0.05) is 11.6 Å². The summed E-state index contributed by atoms with van der Waals surface area (Å²) < 4.78 is 29.0. The molecule has 0 bridgehead atoms. The second kappa shape index (κ2) is 6.62. The number of aliphatic hydroxyl groups is 1. The Balaban J connectivity index is 1.99. The summed E-state index contributed by atoms with van der Waals surface area (Å²) in [5.41, 5.74) is 6.34. The first-order valence-corrected chi connectivity index (χ1v) is 9.31. The van der Waals surface area contributed by atoms with Crippen LogP contribution in [-0.2, 0) is 10.0 Å². The van der Waals surface area contributed by atoms with E-state index >= 15 is 0 Å². The molecule has 0 amide bonds. The van der Waals surface area contributed by atoms with Gasteiger partial charge in [-0.3, -0.25) is 9.40 Å². The maximum Gasteiger partial charge on any atom is 0.265 e. The lowest BCUT2D eigenvalue weighted by Gasteiger charge is -2.14. The predicted molar refractivity (Wildman–Crippen MR) is 96.0 cm³/mol. The minimum atomic E-state index is -3.96. The fraction of sp³-hybridized carbons (Fsp3) is 0.200. The lowest BCUT2D eigenvalue weighted by atomic mass is 10.1. The molecule has 3 aromatic rings. The maximum absolute atomic E-state index is 12.6. The Bertz CT molecular complexity index is 1110. The molecule has 3 rings (SSSR count). The quantitative estimate of drug-likeness (QED) is 0.482. The Kier molecular flexibility index (Phi) is 4.64. The van der Waals surface area contributed by atoms with Gasteiger partial charge in [0.1, 0.15) is 17.2 Å². The molecule has 0 saturated carbocycles. The molecule has 136 valence electrons. The van der Waals surface area contributed by atoms with E-state index in [0.29, 0.717) is 21.5 Å². The van der Waals surface area contributed by atoms with Crippen LogP contribution in [0.3, 0.4) is 0 Å². The summed E-state index contributed by atoms with van der Waals surface area (Å²) in [5.74, 6) is 0. The summed E-state index contributed by atoms with van der Waals surface area (Å²) in [6.45, 7) is 1.60. The monoisotopic (exact) mass is 394 g/mol. The van der Waals surface area contributed by atoms with Gasteiger partial charge < -0.3 is 15.8 Å². The molecule has 0 aliphatic heterocycles. The number of sulfonamides is 1. The van der Waals surface area contributed by atoms with Crippen molar-refractivity contribution in [2.75, 3.05) is 4.72 Å². The number of nitriles is 1. The van der Waals surface area contributed by atoms with E-state index < -0.39 is 22.3 Å². The molecule has 1 aromatic carbocycles. The van der Waals surface area contributed by atoms with Gasteiger partial charge >= 0.3 is 0 Å². The number of H-pyrrole nitrogens is 1. The minimum Gasteiger partial charge on any atom is -0.377 e. The Morgan fingerprint density at radius 3 is 2.88 bits per heavy atom. The van der Waals surface area contributed by atoms with E-state index in [9.17, 15) is 13.5 Å². The molecule has 1 unspecified atom stereocenters. The third kappa shape index (κ3) is 3.13. The Labute approximate surface area is 154 Å². The van der Waals surface area contributed by atoms with E-state index in [0.717, 1.165) is 6.20 Å². The van der Waals surface area contributed by atoms with Crippen molar-refractivity contribution in [2.45, 2.75) is 24.1 Å². The average Bonchev–Trinajstić information content (AvgIpc) is 3.24. The van der Waals surface area contributed by atoms with Crippen LogP contribution in [0.25, 0.3) is 10.9 Å². The zero-order valence-electron chi connectivity index (χ0n) is 13.5. The van der Waals surface area contributed by atoms with E-state index in [-0.39, 0.29) is 10.6 Å². The third-order valence-electron chi connectivity index (χ3n) is 3.95. The van der Waals surface area contributed by atoms with Crippen LogP contribution in [0.15, 0.2) is 35.6 Å². The summed E-state index contributed by atoms with van der Waals surface area (Å²) >= 11 is 6.11. The van der Waals surface area contributed by atoms with Gasteiger partial charge in [-0.05, 0) is 19.1 Å². The number of anilines is 1. The summed E-state index contributed by atoms with van der Waals surface area (Å²) in [6, 6.07) is 4.41. The maximum atomic E-state index is 12.6. The average molecular weight is 395 g/mol. The highest BCUT2D eigenvalue weighted by Gasteiger charge is 2.22. The lowest BCUT2D eigenvalue weighted by Crippen LogP contribution is -2.30. The van der Waals surface area contributed by atoms with E-state index in [1.807, 2.05) is 6.07 Å². The molecule has 5 N–H and O–H groups in total. The van der Waals surface area contributed by atoms with Gasteiger partial charge in [0.15, 0.2) is 0 Å². The number of nitrogens with one attached hydrogen (secondary N) is 2. The number of halogens is 1. The number of fused-ring (bicyclic) bond motifs is 1. The van der Waals surface area contributed by atoms with Crippen molar-refractivity contribution >= 4 is 38.2 Å². The summed E-state index contributed by atoms with van der Waals surface area (Å²) in [5, 5.41) is 23.2. The van der Waals surface area contributed by atoms with Crippen LogP contribution in [0.5, 0.6) is 0 Å². The standard InChI is InChI=1S/C15H15ClN6O3S/c1-8(15(18)23)22-7-10(6-20-22)26(24,25)21-12-3-2-11(16)13-9(4-17)5-19-14(12)13/h2-3,5-8,15,19,21,23H,18H2,1H3/t8-,15?/m1/s1. The van der Waals surface area contributed by atoms with Gasteiger partial charge in [-0.2, -0.15) is 10.4 Å². The molecule has 0 radical (unpaired) electrons. The highest BCUT2D eigenvalue weighted by Crippen LogP contribution is 2.32. The van der Waals surface area contributed by atoms with Gasteiger partial charge in [0.25, 0.3) is 10.0 Å². The smallest absolute Gasteiger partial charge is 0.265 e. The number of nitrogens with zero attached hydrogens (tertiary/aromatic N) is 3. The van der Waals surface area contributed by atoms with Crippen LogP contribution >= 0.6 is 11.6 Å². The lowest BCUT2D eigenvalue weighted by molar-refractivity contribution is 0.121. The first-order chi connectivity index (χ1) is 12.2. The molecule has 0 aliphatic carbocycles. The molecule has 2 heterocycles. The normalized spacial score (nSPS) is 14.1. The molecule has 11 heteroatoms. The second-order valence-electron chi connectivity index (χ2n) is 5.65. The molecular formula is C15H15ClN6O3S. The first kappa shape index (κ1) is 18.2. The number of nitrogens with two attached hydrogens (primary N) is 1. The van der Waals surface area contributed by atoms with E-state index in [2.05, 4.69) is 14.8 Å². The first-order valence-electron chi connectivity index (χ1n) is 7.45. The number of aromatic amines is 1. The van der Waals surface area contributed by atoms with Crippen LogP contribution in [0.1, 0.15) is 18.5 Å². The van der Waals surface area contributed by atoms with E-state index in [1.54, 1.807) is 6.92 Å². The van der Waals surface area contributed by atoms with Crippen LogP contribution in [0.4, 0.5) is 5.69 Å². The van der Waals surface area contributed by atoms with E-state index in [1.165, 1.54) is 29.2 Å². The predicted octanol–water partition coefficient (Wildman–Crippen LogP) is 1.53. The van der Waals surface area contributed by atoms with Crippen molar-refractivity contribution in [2.24, 2.45) is 5.73 Å².